The predicted molar refractivity (Wildman–Crippen MR) is 84.1 cm³/mol. The maximum absolute atomic E-state index is 11.8. The fraction of sp³-hybridized carbons (Fsp3) is 0.500. The number of carbonyl (C=O) groups excluding carboxylic acids is 1. The van der Waals surface area contributed by atoms with Crippen molar-refractivity contribution in [2.24, 2.45) is 0 Å². The summed E-state index contributed by atoms with van der Waals surface area (Å²) in [6, 6.07) is 3.57. The van der Waals surface area contributed by atoms with Gasteiger partial charge in [-0.3, -0.25) is 4.79 Å². The Morgan fingerprint density at radius 3 is 2.70 bits per heavy atom. The number of benzene rings is 1. The van der Waals surface area contributed by atoms with E-state index in [0.29, 0.717) is 6.54 Å². The smallest absolute Gasteiger partial charge is 0.246 e. The van der Waals surface area contributed by atoms with Gasteiger partial charge in [-0.25, -0.2) is 0 Å². The Kier molecular flexibility index (Phi) is 4.09. The van der Waals surface area contributed by atoms with Gasteiger partial charge in [-0.15, -0.1) is 0 Å². The standard InChI is InChI=1S/C14H20BrN3O2/c1-14(2,20)7-18(4)11-6-10-8(5-9(11)15)12(16-3)13(19)17-10/h5-6,12,16,20H,7H2,1-4H3,(H,17,19). The molecule has 0 fully saturated rings. The lowest BCUT2D eigenvalue weighted by atomic mass is 10.1. The van der Waals surface area contributed by atoms with Crippen molar-refractivity contribution >= 4 is 33.2 Å². The van der Waals surface area contributed by atoms with E-state index in [1.807, 2.05) is 24.1 Å². The van der Waals surface area contributed by atoms with E-state index in [-0.39, 0.29) is 11.9 Å². The molecule has 1 heterocycles. The Balaban J connectivity index is 2.35. The quantitative estimate of drug-likeness (QED) is 0.782. The summed E-state index contributed by atoms with van der Waals surface area (Å²) in [6.07, 6.45) is 0. The minimum absolute atomic E-state index is 0.0447. The first-order valence-corrected chi connectivity index (χ1v) is 7.27. The van der Waals surface area contributed by atoms with Gasteiger partial charge in [0.05, 0.1) is 11.3 Å². The number of hydrogen-bond acceptors (Lipinski definition) is 4. The van der Waals surface area contributed by atoms with Crippen LogP contribution in [0.1, 0.15) is 25.5 Å². The third-order valence-electron chi connectivity index (χ3n) is 3.27. The number of carbonyl (C=O) groups is 1. The highest BCUT2D eigenvalue weighted by atomic mass is 79.9. The molecule has 6 heteroatoms. The maximum Gasteiger partial charge on any atom is 0.246 e. The van der Waals surface area contributed by atoms with Gasteiger partial charge in [0.2, 0.25) is 5.91 Å². The number of nitrogens with zero attached hydrogens (tertiary/aromatic N) is 1. The first-order valence-electron chi connectivity index (χ1n) is 6.48. The molecule has 1 amide bonds. The third kappa shape index (κ3) is 2.97. The molecule has 0 saturated heterocycles. The lowest BCUT2D eigenvalue weighted by Crippen LogP contribution is -2.36. The van der Waals surface area contributed by atoms with Crippen molar-refractivity contribution in [1.29, 1.82) is 0 Å². The molecule has 1 aromatic rings. The number of nitrogens with one attached hydrogen (secondary N) is 2. The Hall–Kier alpha value is -1.11. The van der Waals surface area contributed by atoms with Crippen molar-refractivity contribution in [2.45, 2.75) is 25.5 Å². The van der Waals surface area contributed by atoms with Gasteiger partial charge >= 0.3 is 0 Å². The molecule has 1 atom stereocenters. The molecule has 1 aliphatic rings. The lowest BCUT2D eigenvalue weighted by Gasteiger charge is -2.28. The highest BCUT2D eigenvalue weighted by Crippen LogP contribution is 2.38. The van der Waals surface area contributed by atoms with Crippen LogP contribution in [0, 0.1) is 0 Å². The van der Waals surface area contributed by atoms with E-state index < -0.39 is 5.60 Å². The molecular weight excluding hydrogens is 322 g/mol. The summed E-state index contributed by atoms with van der Waals surface area (Å²) >= 11 is 3.54. The van der Waals surface area contributed by atoms with Gasteiger partial charge in [0, 0.05) is 29.3 Å². The largest absolute Gasteiger partial charge is 0.389 e. The number of amides is 1. The van der Waals surface area contributed by atoms with Gasteiger partial charge in [0.25, 0.3) is 0 Å². The summed E-state index contributed by atoms with van der Waals surface area (Å²) in [5.74, 6) is -0.0447. The number of aliphatic hydroxyl groups is 1. The van der Waals surface area contributed by atoms with E-state index >= 15 is 0 Å². The third-order valence-corrected chi connectivity index (χ3v) is 3.91. The molecule has 3 N–H and O–H groups in total. The zero-order valence-electron chi connectivity index (χ0n) is 12.1. The summed E-state index contributed by atoms with van der Waals surface area (Å²) in [6.45, 7) is 4.03. The summed E-state index contributed by atoms with van der Waals surface area (Å²) in [4.78, 5) is 13.8. The number of rotatable bonds is 4. The molecule has 2 rings (SSSR count). The molecule has 0 radical (unpaired) electrons. The summed E-state index contributed by atoms with van der Waals surface area (Å²) < 4.78 is 0.903. The average Bonchev–Trinajstić information content (AvgIpc) is 2.60. The van der Waals surface area contributed by atoms with Crippen molar-refractivity contribution in [3.8, 4) is 0 Å². The Morgan fingerprint density at radius 2 is 2.15 bits per heavy atom. The Morgan fingerprint density at radius 1 is 1.50 bits per heavy atom. The van der Waals surface area contributed by atoms with Crippen LogP contribution in [-0.2, 0) is 4.79 Å². The second kappa shape index (κ2) is 5.35. The van der Waals surface area contributed by atoms with E-state index in [0.717, 1.165) is 21.4 Å². The highest BCUT2D eigenvalue weighted by Gasteiger charge is 2.30. The van der Waals surface area contributed by atoms with Crippen LogP contribution in [0.25, 0.3) is 0 Å². The highest BCUT2D eigenvalue weighted by molar-refractivity contribution is 9.10. The van der Waals surface area contributed by atoms with Gasteiger partial charge < -0.3 is 20.6 Å². The monoisotopic (exact) mass is 341 g/mol. The van der Waals surface area contributed by atoms with E-state index in [9.17, 15) is 9.90 Å². The molecule has 1 aromatic carbocycles. The molecule has 0 bridgehead atoms. The summed E-state index contributed by atoms with van der Waals surface area (Å²) in [5.41, 5.74) is 1.90. The Labute approximate surface area is 127 Å². The van der Waals surface area contributed by atoms with Crippen LogP contribution in [0.4, 0.5) is 11.4 Å². The topological polar surface area (TPSA) is 64.6 Å². The number of fused-ring (bicyclic) bond motifs is 1. The minimum atomic E-state index is -0.788. The predicted octanol–water partition coefficient (Wildman–Crippen LogP) is 1.87. The summed E-state index contributed by atoms with van der Waals surface area (Å²) in [7, 11) is 3.68. The van der Waals surface area contributed by atoms with Crippen LogP contribution >= 0.6 is 15.9 Å². The van der Waals surface area contributed by atoms with Crippen LogP contribution in [-0.4, -0.2) is 37.3 Å². The fourth-order valence-electron chi connectivity index (χ4n) is 2.52. The molecule has 5 nitrogen and oxygen atoms in total. The lowest BCUT2D eigenvalue weighted by molar-refractivity contribution is -0.117. The molecule has 0 aliphatic carbocycles. The molecular formula is C14H20BrN3O2. The van der Waals surface area contributed by atoms with Crippen molar-refractivity contribution in [3.63, 3.8) is 0 Å². The van der Waals surface area contributed by atoms with Gasteiger partial charge in [0.1, 0.15) is 6.04 Å². The number of halogens is 1. The van der Waals surface area contributed by atoms with E-state index in [2.05, 4.69) is 26.6 Å². The first-order chi connectivity index (χ1) is 9.23. The fourth-order valence-corrected chi connectivity index (χ4v) is 3.18. The number of likely N-dealkylation sites (N-methyl/N-ethyl adjacent to an activating group) is 2. The number of hydrogen-bond donors (Lipinski definition) is 3. The molecule has 0 saturated carbocycles. The van der Waals surface area contributed by atoms with Crippen molar-refractivity contribution in [3.05, 3.63) is 22.2 Å². The first kappa shape index (κ1) is 15.3. The maximum atomic E-state index is 11.8. The summed E-state index contributed by atoms with van der Waals surface area (Å²) in [5, 5.41) is 15.8. The van der Waals surface area contributed by atoms with Crippen molar-refractivity contribution in [2.75, 3.05) is 30.9 Å². The zero-order valence-corrected chi connectivity index (χ0v) is 13.7. The second-order valence-electron chi connectivity index (χ2n) is 5.77. The normalized spacial score (nSPS) is 17.9. The molecule has 1 aliphatic heterocycles. The Bertz CT molecular complexity index is 540. The van der Waals surface area contributed by atoms with Crippen LogP contribution in [0.5, 0.6) is 0 Å². The second-order valence-corrected chi connectivity index (χ2v) is 6.62. The minimum Gasteiger partial charge on any atom is -0.389 e. The van der Waals surface area contributed by atoms with Crippen LogP contribution in [0.2, 0.25) is 0 Å². The van der Waals surface area contributed by atoms with E-state index in [1.165, 1.54) is 0 Å². The average molecular weight is 342 g/mol. The zero-order chi connectivity index (χ0) is 15.1. The van der Waals surface area contributed by atoms with E-state index in [4.69, 9.17) is 0 Å². The molecule has 1 unspecified atom stereocenters. The van der Waals surface area contributed by atoms with Crippen LogP contribution < -0.4 is 15.5 Å². The molecule has 0 spiro atoms. The van der Waals surface area contributed by atoms with Gasteiger partial charge in [-0.2, -0.15) is 0 Å². The molecule has 0 aromatic heterocycles. The van der Waals surface area contributed by atoms with E-state index in [1.54, 1.807) is 20.9 Å². The van der Waals surface area contributed by atoms with Crippen molar-refractivity contribution in [1.82, 2.24) is 5.32 Å². The van der Waals surface area contributed by atoms with Gasteiger partial charge in [-0.1, -0.05) is 0 Å². The van der Waals surface area contributed by atoms with Crippen LogP contribution in [0.3, 0.4) is 0 Å². The molecule has 20 heavy (non-hydrogen) atoms. The molecule has 110 valence electrons. The van der Waals surface area contributed by atoms with Crippen molar-refractivity contribution < 1.29 is 9.90 Å². The number of anilines is 2. The van der Waals surface area contributed by atoms with Gasteiger partial charge in [0.15, 0.2) is 0 Å². The van der Waals surface area contributed by atoms with Gasteiger partial charge in [-0.05, 0) is 49.0 Å². The van der Waals surface area contributed by atoms with Crippen LogP contribution in [0.15, 0.2) is 16.6 Å². The SMILES string of the molecule is CNC1C(=O)Nc2cc(N(C)CC(C)(C)O)c(Br)cc21.